The van der Waals surface area contributed by atoms with Crippen molar-refractivity contribution in [1.82, 2.24) is 0 Å². The van der Waals surface area contributed by atoms with E-state index >= 15 is 0 Å². The summed E-state index contributed by atoms with van der Waals surface area (Å²) >= 11 is 0. The summed E-state index contributed by atoms with van der Waals surface area (Å²) in [6.45, 7) is 7.91. The first-order chi connectivity index (χ1) is 16.1. The van der Waals surface area contributed by atoms with Crippen molar-refractivity contribution >= 4 is 0 Å². The molecule has 3 aliphatic rings. The van der Waals surface area contributed by atoms with Gasteiger partial charge in [0.2, 0.25) is 0 Å². The fraction of sp³-hybridized carbons (Fsp3) is 0.704. The normalized spacial score (nSPS) is 34.6. The summed E-state index contributed by atoms with van der Waals surface area (Å²) in [6.07, 6.45) is 1.18. The predicted molar refractivity (Wildman–Crippen MR) is 128 cm³/mol. The molecular weight excluding hydrogens is 436 g/mol. The van der Waals surface area contributed by atoms with Gasteiger partial charge in [-0.15, -0.1) is 0 Å². The van der Waals surface area contributed by atoms with Crippen LogP contribution in [0.2, 0.25) is 0 Å². The van der Waals surface area contributed by atoms with Crippen LogP contribution in [-0.4, -0.2) is 62.2 Å². The number of ether oxygens (including phenoxy) is 2. The zero-order valence-corrected chi connectivity index (χ0v) is 20.7. The largest absolute Gasteiger partial charge is 0.507 e. The van der Waals surface area contributed by atoms with E-state index in [-0.39, 0.29) is 17.6 Å². The summed E-state index contributed by atoms with van der Waals surface area (Å²) < 4.78 is 12.4. The van der Waals surface area contributed by atoms with E-state index in [1.165, 1.54) is 5.57 Å². The van der Waals surface area contributed by atoms with Gasteiger partial charge in [-0.1, -0.05) is 31.4 Å². The molecule has 2 unspecified atom stereocenters. The van der Waals surface area contributed by atoms with Crippen molar-refractivity contribution in [3.8, 4) is 11.5 Å². The second kappa shape index (κ2) is 9.78. The molecule has 7 nitrogen and oxygen atoms in total. The number of hydrogen-bond donors (Lipinski definition) is 5. The minimum absolute atomic E-state index is 0.0183. The third-order valence-corrected chi connectivity index (χ3v) is 8.00. The van der Waals surface area contributed by atoms with Gasteiger partial charge in [0.05, 0.1) is 6.61 Å². The smallest absolute Gasteiger partial charge is 0.129 e. The molecule has 1 saturated heterocycles. The van der Waals surface area contributed by atoms with Crippen LogP contribution in [0.4, 0.5) is 0 Å². The molecule has 7 atom stereocenters. The number of aryl methyl sites for hydroxylation is 1. The molecule has 1 aromatic carbocycles. The molecule has 0 aromatic heterocycles. The van der Waals surface area contributed by atoms with Crippen LogP contribution in [-0.2, 0) is 11.2 Å². The number of aliphatic hydroxyl groups is 4. The van der Waals surface area contributed by atoms with Crippen LogP contribution >= 0.6 is 0 Å². The molecule has 1 aliphatic carbocycles. The summed E-state index contributed by atoms with van der Waals surface area (Å²) in [5, 5.41) is 53.1. The monoisotopic (exact) mass is 476 g/mol. The molecule has 0 bridgehead atoms. The van der Waals surface area contributed by atoms with Crippen molar-refractivity contribution in [2.24, 2.45) is 5.92 Å². The number of hydrogen-bond acceptors (Lipinski definition) is 7. The molecule has 2 heterocycles. The Morgan fingerprint density at radius 1 is 1.06 bits per heavy atom. The number of phenolic OH excluding ortho intramolecular Hbond substituents is 1. The minimum Gasteiger partial charge on any atom is -0.507 e. The zero-order chi connectivity index (χ0) is 24.8. The molecule has 0 amide bonds. The molecule has 0 saturated carbocycles. The maximum atomic E-state index is 11.7. The number of allylic oxidation sites excluding steroid dienone is 2. The Balaban J connectivity index is 1.87. The van der Waals surface area contributed by atoms with E-state index in [4.69, 9.17) is 9.47 Å². The highest BCUT2D eigenvalue weighted by molar-refractivity contribution is 5.59. The average Bonchev–Trinajstić information content (AvgIpc) is 2.78. The third kappa shape index (κ3) is 4.37. The topological polar surface area (TPSA) is 120 Å². The lowest BCUT2D eigenvalue weighted by molar-refractivity contribution is -0.232. The first-order valence-electron chi connectivity index (χ1n) is 12.7. The van der Waals surface area contributed by atoms with E-state index < -0.39 is 42.7 Å². The Morgan fingerprint density at radius 3 is 2.47 bits per heavy atom. The van der Waals surface area contributed by atoms with Gasteiger partial charge in [-0.25, -0.2) is 0 Å². The predicted octanol–water partition coefficient (Wildman–Crippen LogP) is 3.25. The van der Waals surface area contributed by atoms with Gasteiger partial charge in [-0.3, -0.25) is 0 Å². The van der Waals surface area contributed by atoms with Crippen LogP contribution in [0.15, 0.2) is 17.7 Å². The summed E-state index contributed by atoms with van der Waals surface area (Å²) in [5.74, 6) is 0.809. The van der Waals surface area contributed by atoms with E-state index in [0.717, 1.165) is 37.7 Å². The zero-order valence-electron chi connectivity index (χ0n) is 20.7. The molecule has 4 rings (SSSR count). The minimum atomic E-state index is -1.51. The van der Waals surface area contributed by atoms with Crippen LogP contribution in [0.3, 0.4) is 0 Å². The standard InChI is InChI=1S/C27H40O7/c1-5-6-7-8-15-12-18-21(16-11-14(2)9-10-17(16)27(3,4)34-18)23(30)20(15)26-25(32)24(31)22(29)19(13-28)33-26/h11-12,16-17,19,22,24-26,28-32H,5-10,13H2,1-4H3/t16-,17-,19?,22-,24?,25+,26+/m1/s1. The van der Waals surface area contributed by atoms with E-state index in [9.17, 15) is 25.5 Å². The van der Waals surface area contributed by atoms with Gasteiger partial charge in [-0.2, -0.15) is 0 Å². The Bertz CT molecular complexity index is 922. The highest BCUT2D eigenvalue weighted by Gasteiger charge is 2.49. The molecule has 7 heteroatoms. The fourth-order valence-corrected chi connectivity index (χ4v) is 6.06. The molecule has 2 aliphatic heterocycles. The van der Waals surface area contributed by atoms with E-state index in [2.05, 4.69) is 33.8 Å². The Labute approximate surface area is 202 Å². The van der Waals surface area contributed by atoms with E-state index in [0.29, 0.717) is 23.3 Å². The number of aliphatic hydroxyl groups excluding tert-OH is 4. The van der Waals surface area contributed by atoms with Crippen LogP contribution in [0.1, 0.15) is 88.5 Å². The highest BCUT2D eigenvalue weighted by Crippen LogP contribution is 2.56. The molecule has 34 heavy (non-hydrogen) atoms. The average molecular weight is 477 g/mol. The number of aromatic hydroxyl groups is 1. The Hall–Kier alpha value is -1.64. The summed E-state index contributed by atoms with van der Waals surface area (Å²) in [7, 11) is 0. The van der Waals surface area contributed by atoms with Crippen molar-refractivity contribution in [1.29, 1.82) is 0 Å². The van der Waals surface area contributed by atoms with Gasteiger partial charge in [0.15, 0.2) is 0 Å². The number of benzene rings is 1. The van der Waals surface area contributed by atoms with Crippen LogP contribution in [0.25, 0.3) is 0 Å². The van der Waals surface area contributed by atoms with Crippen molar-refractivity contribution in [2.75, 3.05) is 6.61 Å². The van der Waals surface area contributed by atoms with Gasteiger partial charge in [0.25, 0.3) is 0 Å². The first-order valence-corrected chi connectivity index (χ1v) is 12.7. The van der Waals surface area contributed by atoms with Gasteiger partial charge >= 0.3 is 0 Å². The molecule has 1 aromatic rings. The second-order valence-corrected chi connectivity index (χ2v) is 10.8. The molecule has 0 spiro atoms. The summed E-state index contributed by atoms with van der Waals surface area (Å²) in [5.41, 5.74) is 2.78. The number of phenols is 1. The Morgan fingerprint density at radius 2 is 1.79 bits per heavy atom. The quantitative estimate of drug-likeness (QED) is 0.316. The van der Waals surface area contributed by atoms with Crippen LogP contribution in [0.5, 0.6) is 11.5 Å². The first kappa shape index (κ1) is 25.5. The second-order valence-electron chi connectivity index (χ2n) is 10.8. The number of fused-ring (bicyclic) bond motifs is 3. The van der Waals surface area contributed by atoms with Crippen molar-refractivity contribution < 1.29 is 35.0 Å². The lowest BCUT2D eigenvalue weighted by Gasteiger charge is -2.47. The molecule has 0 radical (unpaired) electrons. The van der Waals surface area contributed by atoms with E-state index in [1.54, 1.807) is 0 Å². The van der Waals surface area contributed by atoms with Gasteiger partial charge in [-0.05, 0) is 58.1 Å². The summed E-state index contributed by atoms with van der Waals surface area (Å²) in [4.78, 5) is 0. The lowest BCUT2D eigenvalue weighted by atomic mass is 9.67. The lowest BCUT2D eigenvalue weighted by Crippen LogP contribution is -2.55. The van der Waals surface area contributed by atoms with E-state index in [1.807, 2.05) is 6.07 Å². The fourth-order valence-electron chi connectivity index (χ4n) is 6.06. The SMILES string of the molecule is CCCCCc1cc2c(c(O)c1[C@@H]1OC(CO)[C@@H](O)C(O)[C@@H]1O)[C@@H]1C=C(C)CC[C@H]1C(C)(C)O2. The van der Waals surface area contributed by atoms with Crippen molar-refractivity contribution in [3.05, 3.63) is 34.4 Å². The van der Waals surface area contributed by atoms with Gasteiger partial charge in [0, 0.05) is 23.0 Å². The molecule has 190 valence electrons. The molecular formula is C27H40O7. The maximum absolute atomic E-state index is 11.7. The number of unbranched alkanes of at least 4 members (excludes halogenated alkanes) is 2. The highest BCUT2D eigenvalue weighted by atomic mass is 16.5. The summed E-state index contributed by atoms with van der Waals surface area (Å²) in [6, 6.07) is 1.96. The van der Waals surface area contributed by atoms with Crippen molar-refractivity contribution in [3.63, 3.8) is 0 Å². The molecule has 1 fully saturated rings. The number of rotatable bonds is 6. The van der Waals surface area contributed by atoms with Crippen LogP contribution < -0.4 is 4.74 Å². The maximum Gasteiger partial charge on any atom is 0.129 e. The molecule has 5 N–H and O–H groups in total. The van der Waals surface area contributed by atoms with Gasteiger partial charge < -0.3 is 35.0 Å². The van der Waals surface area contributed by atoms with Crippen LogP contribution in [0, 0.1) is 5.92 Å². The Kier molecular flexibility index (Phi) is 7.32. The third-order valence-electron chi connectivity index (χ3n) is 8.00. The van der Waals surface area contributed by atoms with Crippen molar-refractivity contribution in [2.45, 2.75) is 108 Å². The van der Waals surface area contributed by atoms with Gasteiger partial charge in [0.1, 0.15) is 47.6 Å².